The van der Waals surface area contributed by atoms with Crippen LogP contribution in [0.1, 0.15) is 78.1 Å². The number of alkyl halides is 1. The first-order valence-electron chi connectivity index (χ1n) is 7.48. The van der Waals surface area contributed by atoms with Crippen molar-refractivity contribution in [3.63, 3.8) is 0 Å². The van der Waals surface area contributed by atoms with Crippen molar-refractivity contribution < 1.29 is 0 Å². The molecule has 1 unspecified atom stereocenters. The summed E-state index contributed by atoms with van der Waals surface area (Å²) in [4.78, 5) is 0. The van der Waals surface area contributed by atoms with Crippen LogP contribution >= 0.6 is 23.4 Å². The maximum atomic E-state index is 5.76. The molecule has 0 rings (SSSR count). The van der Waals surface area contributed by atoms with Gasteiger partial charge in [0.15, 0.2) is 0 Å². The van der Waals surface area contributed by atoms with Crippen molar-refractivity contribution in [2.24, 2.45) is 0 Å². The largest absolute Gasteiger partial charge is 0.158 e. The van der Waals surface area contributed by atoms with Crippen LogP contribution in [0.4, 0.5) is 0 Å². The second-order valence-electron chi connectivity index (χ2n) is 5.02. The summed E-state index contributed by atoms with van der Waals surface area (Å²) in [5.74, 6) is 2.09. The summed E-state index contributed by atoms with van der Waals surface area (Å²) in [6.07, 6.45) is 14.3. The summed E-state index contributed by atoms with van der Waals surface area (Å²) in [6.45, 7) is 4.50. The van der Waals surface area contributed by atoms with Gasteiger partial charge >= 0.3 is 0 Å². The summed E-state index contributed by atoms with van der Waals surface area (Å²) in [7, 11) is 0. The Morgan fingerprint density at radius 3 is 1.76 bits per heavy atom. The van der Waals surface area contributed by atoms with Gasteiger partial charge in [-0.05, 0) is 12.2 Å². The van der Waals surface area contributed by atoms with E-state index >= 15 is 0 Å². The molecule has 0 radical (unpaired) electrons. The van der Waals surface area contributed by atoms with Crippen LogP contribution in [0, 0.1) is 0 Å². The van der Waals surface area contributed by atoms with Crippen LogP contribution in [0.5, 0.6) is 0 Å². The Balaban J connectivity index is 2.94. The van der Waals surface area contributed by atoms with E-state index in [0.29, 0.717) is 5.25 Å². The summed E-state index contributed by atoms with van der Waals surface area (Å²) in [5, 5.41) is 0.634. The Hall–Kier alpha value is 0.640. The molecule has 0 heterocycles. The quantitative estimate of drug-likeness (QED) is 0.283. The Labute approximate surface area is 118 Å². The molecule has 0 aliphatic heterocycles. The monoisotopic (exact) mass is 278 g/mol. The molecule has 0 bridgehead atoms. The van der Waals surface area contributed by atoms with Crippen molar-refractivity contribution in [2.75, 3.05) is 11.6 Å². The topological polar surface area (TPSA) is 0 Å². The first kappa shape index (κ1) is 17.6. The number of halogens is 1. The lowest BCUT2D eigenvalue weighted by molar-refractivity contribution is 0.563. The maximum absolute atomic E-state index is 5.76. The fraction of sp³-hybridized carbons (Fsp3) is 1.00. The highest BCUT2D eigenvalue weighted by atomic mass is 35.5. The molecule has 0 saturated heterocycles. The van der Waals surface area contributed by atoms with Crippen LogP contribution in [0.25, 0.3) is 0 Å². The second kappa shape index (κ2) is 14.7. The molecular weight excluding hydrogens is 248 g/mol. The molecule has 0 amide bonds. The molecule has 104 valence electrons. The third kappa shape index (κ3) is 14.6. The summed E-state index contributed by atoms with van der Waals surface area (Å²) >= 11 is 7.79. The predicted octanol–water partition coefficient (Wildman–Crippen LogP) is 6.27. The zero-order valence-corrected chi connectivity index (χ0v) is 13.4. The smallest absolute Gasteiger partial charge is 0.0339 e. The van der Waals surface area contributed by atoms with Crippen LogP contribution in [0.3, 0.4) is 0 Å². The molecule has 17 heavy (non-hydrogen) atoms. The minimum absolute atomic E-state index is 0.634. The summed E-state index contributed by atoms with van der Waals surface area (Å²) in [5.41, 5.74) is 0. The standard InChI is InChI=1S/C15H31ClS/c1-3-4-5-6-7-8-9-10-11-12-13-17-15(2)14-16/h15H,3-14H2,1-2H3. The second-order valence-corrected chi connectivity index (χ2v) is 6.87. The Morgan fingerprint density at radius 1 is 0.824 bits per heavy atom. The minimum atomic E-state index is 0.634. The molecule has 2 heteroatoms. The van der Waals surface area contributed by atoms with Crippen molar-refractivity contribution >= 4 is 23.4 Å². The van der Waals surface area contributed by atoms with E-state index in [1.807, 2.05) is 11.8 Å². The molecule has 0 fully saturated rings. The van der Waals surface area contributed by atoms with Gasteiger partial charge in [0.2, 0.25) is 0 Å². The Bertz CT molecular complexity index is 139. The van der Waals surface area contributed by atoms with E-state index in [9.17, 15) is 0 Å². The number of thioether (sulfide) groups is 1. The molecule has 0 nitrogen and oxygen atoms in total. The SMILES string of the molecule is CCCCCCCCCCCCSC(C)CCl. The molecular formula is C15H31ClS. The molecule has 0 saturated carbocycles. The van der Waals surface area contributed by atoms with Crippen LogP contribution < -0.4 is 0 Å². The first-order valence-corrected chi connectivity index (χ1v) is 9.07. The number of hydrogen-bond acceptors (Lipinski definition) is 1. The van der Waals surface area contributed by atoms with E-state index in [1.165, 1.54) is 70.0 Å². The van der Waals surface area contributed by atoms with E-state index in [-0.39, 0.29) is 0 Å². The first-order chi connectivity index (χ1) is 8.31. The van der Waals surface area contributed by atoms with Crippen molar-refractivity contribution in [3.05, 3.63) is 0 Å². The molecule has 0 spiro atoms. The molecule has 0 aromatic carbocycles. The molecule has 0 aromatic rings. The lowest BCUT2D eigenvalue weighted by Gasteiger charge is -2.06. The van der Waals surface area contributed by atoms with Gasteiger partial charge in [-0.25, -0.2) is 0 Å². The van der Waals surface area contributed by atoms with Crippen molar-refractivity contribution in [1.29, 1.82) is 0 Å². The number of unbranched alkanes of at least 4 members (excludes halogenated alkanes) is 9. The van der Waals surface area contributed by atoms with E-state index in [1.54, 1.807) is 0 Å². The van der Waals surface area contributed by atoms with Crippen LogP contribution in [-0.2, 0) is 0 Å². The lowest BCUT2D eigenvalue weighted by Crippen LogP contribution is -1.98. The van der Waals surface area contributed by atoms with Gasteiger partial charge < -0.3 is 0 Å². The Kier molecular flexibility index (Phi) is 15.3. The normalized spacial score (nSPS) is 12.9. The van der Waals surface area contributed by atoms with Gasteiger partial charge in [0.1, 0.15) is 0 Å². The van der Waals surface area contributed by atoms with Crippen LogP contribution in [0.15, 0.2) is 0 Å². The highest BCUT2D eigenvalue weighted by Gasteiger charge is 1.99. The van der Waals surface area contributed by atoms with Gasteiger partial charge in [-0.2, -0.15) is 11.8 Å². The summed E-state index contributed by atoms with van der Waals surface area (Å²) < 4.78 is 0. The molecule has 0 aliphatic rings. The molecule has 0 aliphatic carbocycles. The van der Waals surface area contributed by atoms with Gasteiger partial charge in [0.05, 0.1) is 0 Å². The van der Waals surface area contributed by atoms with E-state index in [4.69, 9.17) is 11.6 Å². The number of rotatable bonds is 13. The van der Waals surface area contributed by atoms with Crippen LogP contribution in [-0.4, -0.2) is 16.9 Å². The fourth-order valence-corrected chi connectivity index (χ4v) is 3.05. The van der Waals surface area contributed by atoms with E-state index in [2.05, 4.69) is 13.8 Å². The van der Waals surface area contributed by atoms with Crippen molar-refractivity contribution in [1.82, 2.24) is 0 Å². The molecule has 0 aromatic heterocycles. The van der Waals surface area contributed by atoms with E-state index in [0.717, 1.165) is 5.88 Å². The molecule has 0 N–H and O–H groups in total. The van der Waals surface area contributed by atoms with Gasteiger partial charge in [0, 0.05) is 11.1 Å². The van der Waals surface area contributed by atoms with Gasteiger partial charge in [0.25, 0.3) is 0 Å². The average Bonchev–Trinajstić information content (AvgIpc) is 2.35. The van der Waals surface area contributed by atoms with Gasteiger partial charge in [-0.3, -0.25) is 0 Å². The van der Waals surface area contributed by atoms with Gasteiger partial charge in [-0.15, -0.1) is 11.6 Å². The minimum Gasteiger partial charge on any atom is -0.158 e. The number of hydrogen-bond donors (Lipinski definition) is 0. The predicted molar refractivity (Wildman–Crippen MR) is 84.5 cm³/mol. The maximum Gasteiger partial charge on any atom is 0.0339 e. The van der Waals surface area contributed by atoms with Crippen LogP contribution in [0.2, 0.25) is 0 Å². The molecule has 1 atom stereocenters. The third-order valence-corrected chi connectivity index (χ3v) is 5.02. The van der Waals surface area contributed by atoms with Crippen molar-refractivity contribution in [3.8, 4) is 0 Å². The third-order valence-electron chi connectivity index (χ3n) is 3.12. The van der Waals surface area contributed by atoms with Gasteiger partial charge in [-0.1, -0.05) is 71.6 Å². The zero-order chi connectivity index (χ0) is 12.8. The lowest BCUT2D eigenvalue weighted by atomic mass is 10.1. The summed E-state index contributed by atoms with van der Waals surface area (Å²) in [6, 6.07) is 0. The fourth-order valence-electron chi connectivity index (χ4n) is 1.92. The highest BCUT2D eigenvalue weighted by Crippen LogP contribution is 2.16. The highest BCUT2D eigenvalue weighted by molar-refractivity contribution is 7.99. The van der Waals surface area contributed by atoms with E-state index < -0.39 is 0 Å². The Morgan fingerprint density at radius 2 is 1.29 bits per heavy atom. The average molecular weight is 279 g/mol. The van der Waals surface area contributed by atoms with Crippen molar-refractivity contribution in [2.45, 2.75) is 83.3 Å². The zero-order valence-electron chi connectivity index (χ0n) is 11.8.